The smallest absolute Gasteiger partial charge is 0.127 e. The fourth-order valence-electron chi connectivity index (χ4n) is 2.48. The molecule has 1 aromatic rings. The van der Waals surface area contributed by atoms with Crippen molar-refractivity contribution in [3.8, 4) is 5.75 Å². The predicted molar refractivity (Wildman–Crippen MR) is 86.7 cm³/mol. The lowest BCUT2D eigenvalue weighted by Crippen LogP contribution is -2.35. The zero-order chi connectivity index (χ0) is 15.3. The Morgan fingerprint density at radius 2 is 2.00 bits per heavy atom. The molecule has 4 nitrogen and oxygen atoms in total. The molecule has 0 atom stereocenters. The highest BCUT2D eigenvalue weighted by Gasteiger charge is 2.13. The number of likely N-dealkylation sites (tertiary alicyclic amines) is 1. The molecule has 118 valence electrons. The summed E-state index contributed by atoms with van der Waals surface area (Å²) in [7, 11) is 0. The molecular weight excluding hydrogens is 262 g/mol. The molecule has 0 saturated carbocycles. The maximum atomic E-state index is 6.02. The highest BCUT2D eigenvalue weighted by atomic mass is 16.5. The van der Waals surface area contributed by atoms with E-state index in [1.54, 1.807) is 0 Å². The Morgan fingerprint density at radius 3 is 2.67 bits per heavy atom. The Hall–Kier alpha value is -1.13. The van der Waals surface area contributed by atoms with Crippen LogP contribution in [0.2, 0.25) is 0 Å². The lowest BCUT2D eigenvalue weighted by Gasteiger charge is -2.22. The topological polar surface area (TPSA) is 37.4 Å². The summed E-state index contributed by atoms with van der Waals surface area (Å²) in [5.74, 6) is 0.971. The molecule has 2 rings (SSSR count). The average Bonchev–Trinajstić information content (AvgIpc) is 2.90. The van der Waals surface area contributed by atoms with Crippen LogP contribution in [0, 0.1) is 6.92 Å². The molecule has 0 amide bonds. The summed E-state index contributed by atoms with van der Waals surface area (Å²) < 4.78 is 6.02. The lowest BCUT2D eigenvalue weighted by molar-refractivity contribution is 0.235. The highest BCUT2D eigenvalue weighted by molar-refractivity contribution is 5.33. The van der Waals surface area contributed by atoms with Gasteiger partial charge in [-0.05, 0) is 53.6 Å². The molecule has 1 aliphatic rings. The van der Waals surface area contributed by atoms with Gasteiger partial charge in [-0.2, -0.15) is 0 Å². The zero-order valence-electron chi connectivity index (χ0n) is 13.9. The first kappa shape index (κ1) is 16.2. The van der Waals surface area contributed by atoms with Gasteiger partial charge < -0.3 is 10.1 Å². The summed E-state index contributed by atoms with van der Waals surface area (Å²) >= 11 is 0. The quantitative estimate of drug-likeness (QED) is 0.874. The Labute approximate surface area is 128 Å². The summed E-state index contributed by atoms with van der Waals surface area (Å²) in [5, 5.41) is 3.50. The molecule has 1 aliphatic heterocycles. The van der Waals surface area contributed by atoms with E-state index in [4.69, 9.17) is 4.74 Å². The van der Waals surface area contributed by atoms with Crippen molar-refractivity contribution in [3.05, 3.63) is 23.5 Å². The van der Waals surface area contributed by atoms with Crippen molar-refractivity contribution in [1.29, 1.82) is 0 Å². The van der Waals surface area contributed by atoms with Crippen molar-refractivity contribution in [3.63, 3.8) is 0 Å². The zero-order valence-corrected chi connectivity index (χ0v) is 13.9. The Morgan fingerprint density at radius 1 is 1.29 bits per heavy atom. The van der Waals surface area contributed by atoms with E-state index >= 15 is 0 Å². The van der Waals surface area contributed by atoms with Crippen molar-refractivity contribution in [2.75, 3.05) is 26.2 Å². The van der Waals surface area contributed by atoms with E-state index < -0.39 is 0 Å². The molecule has 21 heavy (non-hydrogen) atoms. The maximum Gasteiger partial charge on any atom is 0.127 e. The van der Waals surface area contributed by atoms with Crippen molar-refractivity contribution in [1.82, 2.24) is 15.2 Å². The van der Waals surface area contributed by atoms with Crippen LogP contribution in [0.3, 0.4) is 0 Å². The predicted octanol–water partition coefficient (Wildman–Crippen LogP) is 2.75. The summed E-state index contributed by atoms with van der Waals surface area (Å²) in [6, 6.07) is 2.05. The van der Waals surface area contributed by atoms with Gasteiger partial charge in [0.15, 0.2) is 0 Å². The van der Waals surface area contributed by atoms with Crippen LogP contribution in [-0.4, -0.2) is 41.7 Å². The number of pyridine rings is 1. The summed E-state index contributed by atoms with van der Waals surface area (Å²) in [6.07, 6.45) is 4.59. The summed E-state index contributed by atoms with van der Waals surface area (Å²) in [6.45, 7) is 13.5. The molecular formula is C17H29N3O. The van der Waals surface area contributed by atoms with Crippen LogP contribution in [0.4, 0.5) is 0 Å². The minimum Gasteiger partial charge on any atom is -0.492 e. The number of aromatic nitrogens is 1. The molecule has 1 fully saturated rings. The average molecular weight is 291 g/mol. The van der Waals surface area contributed by atoms with Gasteiger partial charge in [0.2, 0.25) is 0 Å². The molecule has 1 aromatic heterocycles. The number of rotatable bonds is 6. The van der Waals surface area contributed by atoms with E-state index in [0.717, 1.165) is 36.7 Å². The SMILES string of the molecule is Cc1cc(OCCN2CCCC2)c(CNC(C)(C)C)cn1. The van der Waals surface area contributed by atoms with E-state index in [2.05, 4.69) is 36.0 Å². The fraction of sp³-hybridized carbons (Fsp3) is 0.706. The second kappa shape index (κ2) is 7.23. The maximum absolute atomic E-state index is 6.02. The minimum atomic E-state index is 0.0949. The number of nitrogens with zero attached hydrogens (tertiary/aromatic N) is 2. The molecule has 2 heterocycles. The van der Waals surface area contributed by atoms with Crippen molar-refractivity contribution in [2.24, 2.45) is 0 Å². The Bertz CT molecular complexity index is 448. The third-order valence-electron chi connectivity index (χ3n) is 3.75. The van der Waals surface area contributed by atoms with Crippen LogP contribution in [0.15, 0.2) is 12.3 Å². The largest absolute Gasteiger partial charge is 0.492 e. The van der Waals surface area contributed by atoms with Crippen molar-refractivity contribution >= 4 is 0 Å². The van der Waals surface area contributed by atoms with Gasteiger partial charge >= 0.3 is 0 Å². The Kier molecular flexibility index (Phi) is 5.59. The number of hydrogen-bond donors (Lipinski definition) is 1. The number of ether oxygens (including phenoxy) is 1. The van der Waals surface area contributed by atoms with Gasteiger partial charge in [0.25, 0.3) is 0 Å². The number of nitrogens with one attached hydrogen (secondary N) is 1. The highest BCUT2D eigenvalue weighted by Crippen LogP contribution is 2.19. The Balaban J connectivity index is 1.91. The van der Waals surface area contributed by atoms with Gasteiger partial charge in [0, 0.05) is 42.1 Å². The molecule has 0 bridgehead atoms. The molecule has 0 unspecified atom stereocenters. The summed E-state index contributed by atoms with van der Waals surface area (Å²) in [5.41, 5.74) is 2.24. The third kappa shape index (κ3) is 5.64. The molecule has 0 spiro atoms. The van der Waals surface area contributed by atoms with E-state index in [-0.39, 0.29) is 5.54 Å². The van der Waals surface area contributed by atoms with Crippen LogP contribution in [-0.2, 0) is 6.54 Å². The molecule has 4 heteroatoms. The van der Waals surface area contributed by atoms with Gasteiger partial charge in [-0.3, -0.25) is 9.88 Å². The first-order valence-electron chi connectivity index (χ1n) is 8.00. The van der Waals surface area contributed by atoms with Crippen LogP contribution < -0.4 is 10.1 Å². The van der Waals surface area contributed by atoms with Crippen molar-refractivity contribution in [2.45, 2.75) is 52.6 Å². The van der Waals surface area contributed by atoms with Crippen LogP contribution in [0.25, 0.3) is 0 Å². The van der Waals surface area contributed by atoms with Gasteiger partial charge in [0.1, 0.15) is 12.4 Å². The first-order valence-corrected chi connectivity index (χ1v) is 8.00. The minimum absolute atomic E-state index is 0.0949. The van der Waals surface area contributed by atoms with Gasteiger partial charge in [0.05, 0.1) is 0 Å². The molecule has 0 aliphatic carbocycles. The normalized spacial score (nSPS) is 16.4. The fourth-order valence-corrected chi connectivity index (χ4v) is 2.48. The monoisotopic (exact) mass is 291 g/mol. The molecule has 1 N–H and O–H groups in total. The van der Waals surface area contributed by atoms with Gasteiger partial charge in [-0.25, -0.2) is 0 Å². The van der Waals surface area contributed by atoms with E-state index in [9.17, 15) is 0 Å². The van der Waals surface area contributed by atoms with E-state index in [0.29, 0.717) is 0 Å². The first-order chi connectivity index (χ1) is 9.94. The molecule has 0 aromatic carbocycles. The molecule has 1 saturated heterocycles. The van der Waals surface area contributed by atoms with Gasteiger partial charge in [-0.15, -0.1) is 0 Å². The molecule has 0 radical (unpaired) electrons. The van der Waals surface area contributed by atoms with Crippen LogP contribution in [0.5, 0.6) is 5.75 Å². The van der Waals surface area contributed by atoms with E-state index in [1.807, 2.05) is 19.2 Å². The van der Waals surface area contributed by atoms with E-state index in [1.165, 1.54) is 25.9 Å². The van der Waals surface area contributed by atoms with Crippen LogP contribution >= 0.6 is 0 Å². The number of aryl methyl sites for hydroxylation is 1. The second-order valence-corrected chi connectivity index (χ2v) is 6.93. The van der Waals surface area contributed by atoms with Crippen LogP contribution in [0.1, 0.15) is 44.9 Å². The van der Waals surface area contributed by atoms with Crippen molar-refractivity contribution < 1.29 is 4.74 Å². The van der Waals surface area contributed by atoms with Gasteiger partial charge in [-0.1, -0.05) is 0 Å². The number of hydrogen-bond acceptors (Lipinski definition) is 4. The standard InChI is InChI=1S/C17H29N3O/c1-14-11-16(21-10-9-20-7-5-6-8-20)15(12-18-14)13-19-17(2,3)4/h11-12,19H,5-10,13H2,1-4H3. The lowest BCUT2D eigenvalue weighted by atomic mass is 10.1. The summed E-state index contributed by atoms with van der Waals surface area (Å²) in [4.78, 5) is 6.87. The second-order valence-electron chi connectivity index (χ2n) is 6.93. The third-order valence-corrected chi connectivity index (χ3v) is 3.75.